The second kappa shape index (κ2) is 32.2. The van der Waals surface area contributed by atoms with Crippen LogP contribution < -0.4 is 16.0 Å². The van der Waals surface area contributed by atoms with Gasteiger partial charge in [-0.15, -0.1) is 0 Å². The monoisotopic (exact) mass is 1110 g/mol. The number of benzene rings is 2. The van der Waals surface area contributed by atoms with Crippen molar-refractivity contribution in [2.75, 3.05) is 46.7 Å². The highest BCUT2D eigenvalue weighted by molar-refractivity contribution is 5.96. The molecule has 2 bridgehead atoms. The summed E-state index contributed by atoms with van der Waals surface area (Å²) in [5, 5.41) is 17.6. The van der Waals surface area contributed by atoms with Crippen molar-refractivity contribution in [2.45, 2.75) is 194 Å². The van der Waals surface area contributed by atoms with Crippen molar-refractivity contribution >= 4 is 52.8 Å². The van der Waals surface area contributed by atoms with Gasteiger partial charge in [-0.3, -0.25) is 38.5 Å². The Morgan fingerprint density at radius 1 is 0.775 bits per heavy atom. The van der Waals surface area contributed by atoms with E-state index in [0.29, 0.717) is 50.0 Å². The van der Waals surface area contributed by atoms with Gasteiger partial charge in [0, 0.05) is 95.6 Å². The largest absolute Gasteiger partial charge is 0.481 e. The van der Waals surface area contributed by atoms with Gasteiger partial charge in [0.2, 0.25) is 17.7 Å². The molecule has 80 heavy (non-hydrogen) atoms. The van der Waals surface area contributed by atoms with Crippen molar-refractivity contribution in [1.82, 2.24) is 25.3 Å². The van der Waals surface area contributed by atoms with E-state index < -0.39 is 53.9 Å². The van der Waals surface area contributed by atoms with Crippen molar-refractivity contribution < 1.29 is 52.9 Å². The number of unbranched alkanes of at least 4 members (excludes halogenated alkanes) is 4. The fourth-order valence-electron chi connectivity index (χ4n) is 12.8. The topological polar surface area (TPSA) is 221 Å². The number of likely N-dealkylation sites (N-methyl/N-ethyl adjacent to an activating group) is 2. The molecule has 0 aromatic heterocycles. The SMILES string of the molecule is CC[C@H](C)[C@@H]([C@@H](CC(=O)N1CCC[C@H]1[C@H](OC)[C@@H](C)C(=O)C[C@@H](Cc1ccccc1)C(=O)Nc1ccc(CNC(=O)NCCCCCCCC(=O)C(C)CC(=O)O)cc1)OC)N(C)C(=O)[C@@H](CC(=O)[C@@H]1[C@H]2CC[C@H](C2)N1C)C(C)C. The maximum atomic E-state index is 14.6. The molecule has 2 heterocycles. The van der Waals surface area contributed by atoms with Crippen molar-refractivity contribution in [3.8, 4) is 0 Å². The van der Waals surface area contributed by atoms with Crippen molar-refractivity contribution in [1.29, 1.82) is 0 Å². The van der Waals surface area contributed by atoms with Gasteiger partial charge >= 0.3 is 12.0 Å². The second-order valence-electron chi connectivity index (χ2n) is 23.8. The number of fused-ring (bicyclic) bond motifs is 2. The molecule has 0 radical (unpaired) electrons. The first kappa shape index (κ1) is 65.3. The highest BCUT2D eigenvalue weighted by atomic mass is 16.5. The van der Waals surface area contributed by atoms with E-state index in [-0.39, 0.29) is 91.2 Å². The molecule has 1 saturated carbocycles. The van der Waals surface area contributed by atoms with Gasteiger partial charge in [-0.2, -0.15) is 0 Å². The van der Waals surface area contributed by atoms with Gasteiger partial charge < -0.3 is 40.3 Å². The molecule has 5 amide bonds. The van der Waals surface area contributed by atoms with Gasteiger partial charge in [0.15, 0.2) is 5.78 Å². The summed E-state index contributed by atoms with van der Waals surface area (Å²) in [7, 11) is 6.98. The number of carbonyl (C=O) groups excluding carboxylic acids is 7. The van der Waals surface area contributed by atoms with Crippen LogP contribution in [0.1, 0.15) is 155 Å². The molecule has 17 heteroatoms. The number of carboxylic acid groups (broad SMARTS) is 1. The van der Waals surface area contributed by atoms with E-state index in [2.05, 4.69) is 34.7 Å². The van der Waals surface area contributed by atoms with Crippen molar-refractivity contribution in [3.05, 3.63) is 65.7 Å². The molecular formula is C63H96N6O11. The average Bonchev–Trinajstić information content (AvgIpc) is 4.20. The van der Waals surface area contributed by atoms with Gasteiger partial charge in [-0.05, 0) is 99.4 Å². The number of ketones is 3. The van der Waals surface area contributed by atoms with Gasteiger partial charge in [0.25, 0.3) is 0 Å². The van der Waals surface area contributed by atoms with Crippen LogP contribution in [0.15, 0.2) is 54.6 Å². The van der Waals surface area contributed by atoms with Crippen LogP contribution in [0.5, 0.6) is 0 Å². The van der Waals surface area contributed by atoms with Gasteiger partial charge in [-0.25, -0.2) is 4.79 Å². The molecule has 444 valence electrons. The number of hydrogen-bond acceptors (Lipinski definition) is 11. The Bertz CT molecular complexity index is 2350. The Balaban J connectivity index is 1.15. The molecule has 12 atom stereocenters. The second-order valence-corrected chi connectivity index (χ2v) is 23.8. The summed E-state index contributed by atoms with van der Waals surface area (Å²) in [5.41, 5.74) is 2.28. The molecule has 2 aromatic rings. The minimum atomic E-state index is -0.964. The lowest BCUT2D eigenvalue weighted by Gasteiger charge is -2.41. The first-order chi connectivity index (χ1) is 38.2. The van der Waals surface area contributed by atoms with Gasteiger partial charge in [0.1, 0.15) is 11.6 Å². The highest BCUT2D eigenvalue weighted by Crippen LogP contribution is 2.43. The molecule has 0 spiro atoms. The van der Waals surface area contributed by atoms with E-state index in [0.717, 1.165) is 75.3 Å². The fraction of sp³-hybridized carbons (Fsp3) is 0.683. The number of Topliss-reactive ketones (excluding diaryl/α,β-unsaturated/α-hetero) is 3. The summed E-state index contributed by atoms with van der Waals surface area (Å²) in [6.07, 6.45) is 8.94. The number of urea groups is 1. The lowest BCUT2D eigenvalue weighted by Crippen LogP contribution is -2.54. The molecular weight excluding hydrogens is 1020 g/mol. The predicted octanol–water partition coefficient (Wildman–Crippen LogP) is 8.90. The lowest BCUT2D eigenvalue weighted by molar-refractivity contribution is -0.149. The fourth-order valence-corrected chi connectivity index (χ4v) is 12.8. The molecule has 4 N–H and O–H groups in total. The number of carbonyl (C=O) groups is 8. The van der Waals surface area contributed by atoms with Crippen LogP contribution in [0.25, 0.3) is 0 Å². The number of rotatable bonds is 35. The van der Waals surface area contributed by atoms with Crippen LogP contribution >= 0.6 is 0 Å². The minimum absolute atomic E-state index is 0.0153. The van der Waals surface area contributed by atoms with Gasteiger partial charge in [-0.1, -0.05) is 110 Å². The standard InChI is InChI=1S/C63H96N6O11/c1-11-41(4)58(68(8)62(77)50(40(2)3)37-54(72)59-46-27-30-49(35-46)67(59)7)55(79-9)38-56(73)69-32-20-23-51(69)60(80-10)43(6)53(71)36-47(34-44-21-16-15-17-22-44)61(76)66-48-28-25-45(26-29-48)39-65-63(78)64-31-19-14-12-13-18-24-52(70)42(5)33-57(74)75/h15-17,21-22,25-26,28-29,40-43,46-47,49-51,55,58-60H,11-14,18-20,23-24,27,30-39H2,1-10H3,(H,66,76)(H,74,75)(H2,64,65,78)/t41-,42?,43-,46-,47+,49+,50-,51-,55+,58-,59-,60+/m0/s1. The normalized spacial score (nSPS) is 21.0. The van der Waals surface area contributed by atoms with E-state index in [1.165, 1.54) is 0 Å². The Morgan fingerprint density at radius 3 is 2.09 bits per heavy atom. The number of hydrogen-bond donors (Lipinski definition) is 4. The Morgan fingerprint density at radius 2 is 1.46 bits per heavy atom. The quantitative estimate of drug-likeness (QED) is 0.0476. The summed E-state index contributed by atoms with van der Waals surface area (Å²) < 4.78 is 12.3. The van der Waals surface area contributed by atoms with Crippen LogP contribution in [-0.2, 0) is 56.0 Å². The van der Waals surface area contributed by atoms with Crippen LogP contribution in [0.2, 0.25) is 0 Å². The summed E-state index contributed by atoms with van der Waals surface area (Å²) >= 11 is 0. The number of ether oxygens (including phenoxy) is 2. The van der Waals surface area contributed by atoms with E-state index in [4.69, 9.17) is 14.6 Å². The zero-order chi connectivity index (χ0) is 58.6. The first-order valence-electron chi connectivity index (χ1n) is 29.8. The number of methoxy groups -OCH3 is 2. The van der Waals surface area contributed by atoms with Crippen LogP contribution in [-0.4, -0.2) is 145 Å². The zero-order valence-electron chi connectivity index (χ0n) is 49.7. The van der Waals surface area contributed by atoms with Crippen molar-refractivity contribution in [3.63, 3.8) is 0 Å². The molecule has 2 saturated heterocycles. The molecule has 17 nitrogen and oxygen atoms in total. The molecule has 5 rings (SSSR count). The highest BCUT2D eigenvalue weighted by Gasteiger charge is 2.49. The number of amides is 5. The summed E-state index contributed by atoms with van der Waals surface area (Å²) in [6.45, 7) is 12.9. The first-order valence-corrected chi connectivity index (χ1v) is 29.8. The summed E-state index contributed by atoms with van der Waals surface area (Å²) in [4.78, 5) is 113. The number of likely N-dealkylation sites (tertiary alicyclic amines) is 2. The summed E-state index contributed by atoms with van der Waals surface area (Å²) in [6, 6.07) is 15.9. The predicted molar refractivity (Wildman–Crippen MR) is 309 cm³/mol. The van der Waals surface area contributed by atoms with Crippen LogP contribution in [0, 0.1) is 41.4 Å². The maximum absolute atomic E-state index is 14.6. The number of aliphatic carboxylic acids is 1. The Hall–Kier alpha value is -5.52. The zero-order valence-corrected chi connectivity index (χ0v) is 49.7. The third-order valence-corrected chi connectivity index (χ3v) is 17.9. The number of nitrogens with zero attached hydrogens (tertiary/aromatic N) is 3. The molecule has 2 aliphatic heterocycles. The number of piperidine rings is 1. The number of nitrogens with one attached hydrogen (secondary N) is 3. The Labute approximate surface area is 476 Å². The number of anilines is 1. The number of carboxylic acids is 1. The third-order valence-electron chi connectivity index (χ3n) is 17.9. The smallest absolute Gasteiger partial charge is 0.315 e. The molecule has 1 aliphatic carbocycles. The van der Waals surface area contributed by atoms with E-state index >= 15 is 0 Å². The van der Waals surface area contributed by atoms with E-state index in [1.807, 2.05) is 75.2 Å². The van der Waals surface area contributed by atoms with E-state index in [1.54, 1.807) is 45.2 Å². The molecule has 1 unspecified atom stereocenters. The third kappa shape index (κ3) is 18.5. The molecule has 3 aliphatic rings. The van der Waals surface area contributed by atoms with Crippen LogP contribution in [0.3, 0.4) is 0 Å². The van der Waals surface area contributed by atoms with Gasteiger partial charge in [0.05, 0.1) is 43.2 Å². The molecule has 3 fully saturated rings. The Kier molecular flexibility index (Phi) is 26.3. The lowest BCUT2D eigenvalue weighted by atomic mass is 9.83. The maximum Gasteiger partial charge on any atom is 0.315 e. The molecule has 2 aromatic carbocycles. The average molecular weight is 1110 g/mol. The minimum Gasteiger partial charge on any atom is -0.481 e. The van der Waals surface area contributed by atoms with E-state index in [9.17, 15) is 38.4 Å². The summed E-state index contributed by atoms with van der Waals surface area (Å²) in [5.74, 6) is -3.65. The van der Waals surface area contributed by atoms with Crippen LogP contribution in [0.4, 0.5) is 10.5 Å². The van der Waals surface area contributed by atoms with Crippen molar-refractivity contribution in [2.24, 2.45) is 41.4 Å².